The molecule has 1 fully saturated rings. The van der Waals surface area contributed by atoms with Gasteiger partial charge < -0.3 is 15.0 Å². The number of aromatic nitrogens is 2. The number of aryl methyl sites for hydroxylation is 1. The van der Waals surface area contributed by atoms with Gasteiger partial charge in [0.05, 0.1) is 23.7 Å². The number of hydrogen-bond donors (Lipinski definition) is 2. The second-order valence-electron chi connectivity index (χ2n) is 5.44. The number of aliphatic hydroxyl groups is 1. The zero-order valence-corrected chi connectivity index (χ0v) is 11.5. The van der Waals surface area contributed by atoms with Gasteiger partial charge in [-0.3, -0.25) is 4.79 Å². The van der Waals surface area contributed by atoms with Crippen molar-refractivity contribution in [1.29, 1.82) is 0 Å². The number of nitrogens with one attached hydrogen (secondary N) is 1. The van der Waals surface area contributed by atoms with E-state index in [1.807, 2.05) is 24.3 Å². The van der Waals surface area contributed by atoms with E-state index in [-0.39, 0.29) is 5.56 Å². The van der Waals surface area contributed by atoms with Crippen LogP contribution in [-0.2, 0) is 6.54 Å². The molecule has 2 N–H and O–H groups in total. The van der Waals surface area contributed by atoms with Crippen LogP contribution in [-0.4, -0.2) is 33.3 Å². The van der Waals surface area contributed by atoms with Crippen molar-refractivity contribution in [2.45, 2.75) is 38.5 Å². The summed E-state index contributed by atoms with van der Waals surface area (Å²) in [4.78, 5) is 16.5. The second kappa shape index (κ2) is 5.34. The first-order valence-electron chi connectivity index (χ1n) is 7.03. The van der Waals surface area contributed by atoms with Gasteiger partial charge in [-0.25, -0.2) is 4.98 Å². The molecular weight excluding hydrogens is 254 g/mol. The van der Waals surface area contributed by atoms with E-state index in [0.29, 0.717) is 24.8 Å². The number of aliphatic hydroxyl groups excluding tert-OH is 1. The lowest BCUT2D eigenvalue weighted by Crippen LogP contribution is -2.35. The fourth-order valence-electron chi connectivity index (χ4n) is 2.37. The largest absolute Gasteiger partial charge is 0.390 e. The van der Waals surface area contributed by atoms with Crippen LogP contribution in [0.3, 0.4) is 0 Å². The van der Waals surface area contributed by atoms with Crippen LogP contribution in [0, 0.1) is 6.92 Å². The number of benzene rings is 1. The topological polar surface area (TPSA) is 67.2 Å². The predicted molar refractivity (Wildman–Crippen MR) is 77.8 cm³/mol. The van der Waals surface area contributed by atoms with Crippen molar-refractivity contribution in [3.05, 3.63) is 40.3 Å². The lowest BCUT2D eigenvalue weighted by Gasteiger charge is -2.16. The van der Waals surface area contributed by atoms with Crippen molar-refractivity contribution >= 4 is 11.0 Å². The van der Waals surface area contributed by atoms with Crippen LogP contribution >= 0.6 is 0 Å². The van der Waals surface area contributed by atoms with Crippen LogP contribution in [0.25, 0.3) is 11.0 Å². The van der Waals surface area contributed by atoms with E-state index in [2.05, 4.69) is 10.3 Å². The molecule has 1 unspecified atom stereocenters. The van der Waals surface area contributed by atoms with E-state index in [1.54, 1.807) is 11.5 Å². The van der Waals surface area contributed by atoms with Gasteiger partial charge in [0, 0.05) is 12.6 Å². The van der Waals surface area contributed by atoms with Gasteiger partial charge in [0.15, 0.2) is 0 Å². The molecule has 5 heteroatoms. The van der Waals surface area contributed by atoms with Crippen LogP contribution in [0.2, 0.25) is 0 Å². The van der Waals surface area contributed by atoms with E-state index in [4.69, 9.17) is 0 Å². The molecular formula is C15H19N3O2. The Bertz CT molecular complexity index is 676. The van der Waals surface area contributed by atoms with Gasteiger partial charge in [0.25, 0.3) is 5.56 Å². The molecule has 1 aromatic heterocycles. The number of rotatable bonds is 5. The fraction of sp³-hybridized carbons (Fsp3) is 0.467. The van der Waals surface area contributed by atoms with Crippen LogP contribution in [0.4, 0.5) is 0 Å². The standard InChI is InChI=1S/C15H19N3O2/c1-10-15(20)18(9-12(19)8-16-11-6-7-11)14-5-3-2-4-13(14)17-10/h2-5,11-12,16,19H,6-9H2,1H3. The van der Waals surface area contributed by atoms with Crippen molar-refractivity contribution in [2.75, 3.05) is 6.54 Å². The van der Waals surface area contributed by atoms with Gasteiger partial charge in [-0.1, -0.05) is 12.1 Å². The average Bonchev–Trinajstić information content (AvgIpc) is 3.26. The Labute approximate surface area is 117 Å². The minimum atomic E-state index is -0.571. The molecule has 1 aliphatic rings. The Balaban J connectivity index is 1.88. The Hall–Kier alpha value is -1.72. The highest BCUT2D eigenvalue weighted by molar-refractivity contribution is 5.74. The summed E-state index contributed by atoms with van der Waals surface area (Å²) in [5.41, 5.74) is 1.89. The Morgan fingerprint density at radius 1 is 1.45 bits per heavy atom. The Morgan fingerprint density at radius 3 is 2.95 bits per heavy atom. The summed E-state index contributed by atoms with van der Waals surface area (Å²) >= 11 is 0. The quantitative estimate of drug-likeness (QED) is 0.846. The number of hydrogen-bond acceptors (Lipinski definition) is 4. The van der Waals surface area contributed by atoms with Gasteiger partial charge in [-0.2, -0.15) is 0 Å². The van der Waals surface area contributed by atoms with E-state index < -0.39 is 6.10 Å². The minimum absolute atomic E-state index is 0.130. The molecule has 5 nitrogen and oxygen atoms in total. The fourth-order valence-corrected chi connectivity index (χ4v) is 2.37. The van der Waals surface area contributed by atoms with Crippen LogP contribution < -0.4 is 10.9 Å². The molecule has 0 saturated heterocycles. The number of para-hydroxylation sites is 2. The third-order valence-corrected chi connectivity index (χ3v) is 3.63. The maximum atomic E-state index is 12.2. The third kappa shape index (κ3) is 2.73. The highest BCUT2D eigenvalue weighted by atomic mass is 16.3. The zero-order chi connectivity index (χ0) is 14.1. The molecule has 0 aliphatic heterocycles. The van der Waals surface area contributed by atoms with Gasteiger partial charge >= 0.3 is 0 Å². The summed E-state index contributed by atoms with van der Waals surface area (Å²) in [6.45, 7) is 2.52. The smallest absolute Gasteiger partial charge is 0.272 e. The molecule has 1 heterocycles. The number of fused-ring (bicyclic) bond motifs is 1. The Kier molecular flexibility index (Phi) is 3.54. The number of nitrogens with zero attached hydrogens (tertiary/aromatic N) is 2. The van der Waals surface area contributed by atoms with Crippen LogP contribution in [0.1, 0.15) is 18.5 Å². The first kappa shape index (κ1) is 13.3. The summed E-state index contributed by atoms with van der Waals surface area (Å²) in [7, 11) is 0. The summed E-state index contributed by atoms with van der Waals surface area (Å²) in [6, 6.07) is 8.08. The molecule has 1 aromatic carbocycles. The van der Waals surface area contributed by atoms with Gasteiger partial charge in [0.2, 0.25) is 0 Å². The molecule has 20 heavy (non-hydrogen) atoms. The van der Waals surface area contributed by atoms with Crippen LogP contribution in [0.5, 0.6) is 0 Å². The molecule has 0 bridgehead atoms. The van der Waals surface area contributed by atoms with Gasteiger partial charge in [0.1, 0.15) is 5.69 Å². The molecule has 0 spiro atoms. The molecule has 2 aromatic rings. The zero-order valence-electron chi connectivity index (χ0n) is 11.5. The van der Waals surface area contributed by atoms with E-state index >= 15 is 0 Å². The molecule has 0 amide bonds. The summed E-state index contributed by atoms with van der Waals surface area (Å²) in [6.07, 6.45) is 1.80. The molecule has 1 atom stereocenters. The predicted octanol–water partition coefficient (Wildman–Crippen LogP) is 0.818. The van der Waals surface area contributed by atoms with E-state index in [0.717, 1.165) is 11.0 Å². The van der Waals surface area contributed by atoms with E-state index in [9.17, 15) is 9.90 Å². The highest BCUT2D eigenvalue weighted by Crippen LogP contribution is 2.18. The molecule has 3 rings (SSSR count). The first-order chi connectivity index (χ1) is 9.65. The SMILES string of the molecule is Cc1nc2ccccc2n(CC(O)CNC2CC2)c1=O. The summed E-state index contributed by atoms with van der Waals surface area (Å²) in [5.74, 6) is 0. The maximum absolute atomic E-state index is 12.2. The molecule has 1 aliphatic carbocycles. The normalized spacial score (nSPS) is 16.5. The van der Waals surface area contributed by atoms with Crippen LogP contribution in [0.15, 0.2) is 29.1 Å². The van der Waals surface area contributed by atoms with Crippen molar-refractivity contribution < 1.29 is 5.11 Å². The van der Waals surface area contributed by atoms with Crippen molar-refractivity contribution in [3.8, 4) is 0 Å². The van der Waals surface area contributed by atoms with E-state index in [1.165, 1.54) is 12.8 Å². The van der Waals surface area contributed by atoms with Gasteiger partial charge in [-0.15, -0.1) is 0 Å². The lowest BCUT2D eigenvalue weighted by atomic mass is 10.2. The van der Waals surface area contributed by atoms with Crippen molar-refractivity contribution in [1.82, 2.24) is 14.9 Å². The molecule has 1 saturated carbocycles. The molecule has 106 valence electrons. The van der Waals surface area contributed by atoms with Gasteiger partial charge in [-0.05, 0) is 31.9 Å². The average molecular weight is 273 g/mol. The first-order valence-corrected chi connectivity index (χ1v) is 7.03. The second-order valence-corrected chi connectivity index (χ2v) is 5.44. The monoisotopic (exact) mass is 273 g/mol. The Morgan fingerprint density at radius 2 is 2.20 bits per heavy atom. The van der Waals surface area contributed by atoms with Crippen molar-refractivity contribution in [3.63, 3.8) is 0 Å². The maximum Gasteiger partial charge on any atom is 0.272 e. The minimum Gasteiger partial charge on any atom is -0.390 e. The third-order valence-electron chi connectivity index (χ3n) is 3.63. The van der Waals surface area contributed by atoms with Crippen molar-refractivity contribution in [2.24, 2.45) is 0 Å². The summed E-state index contributed by atoms with van der Waals surface area (Å²) < 4.78 is 1.62. The molecule has 0 radical (unpaired) electrons. The lowest BCUT2D eigenvalue weighted by molar-refractivity contribution is 0.151. The summed E-state index contributed by atoms with van der Waals surface area (Å²) in [5, 5.41) is 13.4. The highest BCUT2D eigenvalue weighted by Gasteiger charge is 2.21.